The highest BCUT2D eigenvalue weighted by Crippen LogP contribution is 2.16. The molecule has 0 unspecified atom stereocenters. The topological polar surface area (TPSA) is 29.9 Å². The standard InChI is InChI=1S/C12H14BrN3/c1-9-11(5-6-12(13)15-9)14-8-10-4-3-7-16(10)2/h3-7,14H,8H2,1-2H3. The molecule has 0 atom stereocenters. The van der Waals surface area contributed by atoms with Gasteiger partial charge in [0.2, 0.25) is 0 Å². The highest BCUT2D eigenvalue weighted by atomic mass is 79.9. The van der Waals surface area contributed by atoms with E-state index in [-0.39, 0.29) is 0 Å². The van der Waals surface area contributed by atoms with Gasteiger partial charge in [-0.1, -0.05) is 0 Å². The lowest BCUT2D eigenvalue weighted by Crippen LogP contribution is -2.05. The van der Waals surface area contributed by atoms with Gasteiger partial charge in [-0.2, -0.15) is 0 Å². The third-order valence-corrected chi connectivity index (χ3v) is 3.00. The van der Waals surface area contributed by atoms with E-state index in [0.29, 0.717) is 0 Å². The first-order chi connectivity index (χ1) is 7.66. The molecule has 16 heavy (non-hydrogen) atoms. The lowest BCUT2D eigenvalue weighted by atomic mass is 10.3. The Balaban J connectivity index is 2.08. The van der Waals surface area contributed by atoms with Crippen molar-refractivity contribution in [1.82, 2.24) is 9.55 Å². The van der Waals surface area contributed by atoms with Crippen molar-refractivity contribution in [3.63, 3.8) is 0 Å². The van der Waals surface area contributed by atoms with E-state index in [1.165, 1.54) is 5.69 Å². The minimum Gasteiger partial charge on any atom is -0.378 e. The van der Waals surface area contributed by atoms with Crippen LogP contribution in [0, 0.1) is 6.92 Å². The fraction of sp³-hybridized carbons (Fsp3) is 0.250. The highest BCUT2D eigenvalue weighted by molar-refractivity contribution is 9.10. The maximum atomic E-state index is 4.34. The molecule has 0 spiro atoms. The summed E-state index contributed by atoms with van der Waals surface area (Å²) in [6.45, 7) is 2.81. The summed E-state index contributed by atoms with van der Waals surface area (Å²) in [5, 5.41) is 3.38. The number of anilines is 1. The molecule has 2 aromatic rings. The SMILES string of the molecule is Cc1nc(Br)ccc1NCc1cccn1C. The second kappa shape index (κ2) is 4.70. The van der Waals surface area contributed by atoms with Crippen LogP contribution in [-0.4, -0.2) is 9.55 Å². The van der Waals surface area contributed by atoms with Crippen LogP contribution >= 0.6 is 15.9 Å². The zero-order valence-corrected chi connectivity index (χ0v) is 11.0. The van der Waals surface area contributed by atoms with E-state index < -0.39 is 0 Å². The number of nitrogens with one attached hydrogen (secondary N) is 1. The molecule has 0 aromatic carbocycles. The van der Waals surface area contributed by atoms with E-state index in [0.717, 1.165) is 22.5 Å². The third kappa shape index (κ3) is 2.44. The fourth-order valence-electron chi connectivity index (χ4n) is 1.58. The van der Waals surface area contributed by atoms with Crippen LogP contribution in [0.5, 0.6) is 0 Å². The van der Waals surface area contributed by atoms with Gasteiger partial charge in [0, 0.05) is 18.9 Å². The normalized spacial score (nSPS) is 10.4. The molecule has 0 aliphatic carbocycles. The Hall–Kier alpha value is -1.29. The van der Waals surface area contributed by atoms with Crippen molar-refractivity contribution in [3.8, 4) is 0 Å². The van der Waals surface area contributed by atoms with Gasteiger partial charge in [-0.05, 0) is 47.1 Å². The Morgan fingerprint density at radius 2 is 2.19 bits per heavy atom. The number of nitrogens with zero attached hydrogens (tertiary/aromatic N) is 2. The number of hydrogen-bond acceptors (Lipinski definition) is 2. The predicted octanol–water partition coefficient (Wildman–Crippen LogP) is 3.10. The molecule has 0 fully saturated rings. The van der Waals surface area contributed by atoms with Crippen LogP contribution in [0.15, 0.2) is 35.1 Å². The molecule has 0 saturated carbocycles. The van der Waals surface area contributed by atoms with E-state index in [4.69, 9.17) is 0 Å². The summed E-state index contributed by atoms with van der Waals surface area (Å²) in [7, 11) is 2.05. The fourth-order valence-corrected chi connectivity index (χ4v) is 1.98. The molecule has 3 nitrogen and oxygen atoms in total. The Labute approximate surface area is 104 Å². The molecule has 4 heteroatoms. The summed E-state index contributed by atoms with van der Waals surface area (Å²) in [6.07, 6.45) is 2.05. The Bertz CT molecular complexity index is 491. The number of rotatable bonds is 3. The molecule has 0 aliphatic heterocycles. The van der Waals surface area contributed by atoms with Crippen molar-refractivity contribution < 1.29 is 0 Å². The first-order valence-electron chi connectivity index (χ1n) is 5.14. The van der Waals surface area contributed by atoms with E-state index in [1.807, 2.05) is 38.4 Å². The second-order valence-corrected chi connectivity index (χ2v) is 4.54. The average molecular weight is 280 g/mol. The van der Waals surface area contributed by atoms with Crippen LogP contribution in [0.3, 0.4) is 0 Å². The Kier molecular flexibility index (Phi) is 3.29. The maximum Gasteiger partial charge on any atom is 0.106 e. The Morgan fingerprint density at radius 1 is 1.38 bits per heavy atom. The zero-order chi connectivity index (χ0) is 11.5. The molecule has 0 radical (unpaired) electrons. The largest absolute Gasteiger partial charge is 0.378 e. The van der Waals surface area contributed by atoms with Crippen LogP contribution in [-0.2, 0) is 13.6 Å². The van der Waals surface area contributed by atoms with Gasteiger partial charge in [-0.3, -0.25) is 0 Å². The van der Waals surface area contributed by atoms with Crippen LogP contribution in [0.4, 0.5) is 5.69 Å². The van der Waals surface area contributed by atoms with Gasteiger partial charge < -0.3 is 9.88 Å². The van der Waals surface area contributed by atoms with Gasteiger partial charge >= 0.3 is 0 Å². The summed E-state index contributed by atoms with van der Waals surface area (Å²) in [5.74, 6) is 0. The number of hydrogen-bond donors (Lipinski definition) is 1. The number of aryl methyl sites for hydroxylation is 2. The lowest BCUT2D eigenvalue weighted by molar-refractivity contribution is 0.841. The number of pyridine rings is 1. The minimum atomic E-state index is 0.813. The highest BCUT2D eigenvalue weighted by Gasteiger charge is 2.01. The van der Waals surface area contributed by atoms with E-state index in [1.54, 1.807) is 0 Å². The number of aromatic nitrogens is 2. The smallest absolute Gasteiger partial charge is 0.106 e. The summed E-state index contributed by atoms with van der Waals surface area (Å²) in [4.78, 5) is 4.34. The zero-order valence-electron chi connectivity index (χ0n) is 9.37. The summed E-state index contributed by atoms with van der Waals surface area (Å²) < 4.78 is 2.98. The molecular formula is C12H14BrN3. The lowest BCUT2D eigenvalue weighted by Gasteiger charge is -2.09. The monoisotopic (exact) mass is 279 g/mol. The summed E-state index contributed by atoms with van der Waals surface area (Å²) in [5.41, 5.74) is 3.33. The quantitative estimate of drug-likeness (QED) is 0.875. The Morgan fingerprint density at radius 3 is 2.81 bits per heavy atom. The van der Waals surface area contributed by atoms with Crippen molar-refractivity contribution in [1.29, 1.82) is 0 Å². The third-order valence-electron chi connectivity index (χ3n) is 2.56. The first-order valence-corrected chi connectivity index (χ1v) is 5.93. The summed E-state index contributed by atoms with van der Waals surface area (Å²) >= 11 is 3.35. The van der Waals surface area contributed by atoms with Crippen LogP contribution in [0.2, 0.25) is 0 Å². The van der Waals surface area contributed by atoms with Crippen molar-refractivity contribution in [2.75, 3.05) is 5.32 Å². The van der Waals surface area contributed by atoms with Gasteiger partial charge in [0.25, 0.3) is 0 Å². The van der Waals surface area contributed by atoms with Gasteiger partial charge in [-0.15, -0.1) is 0 Å². The average Bonchev–Trinajstić information content (AvgIpc) is 2.63. The molecule has 0 saturated heterocycles. The summed E-state index contributed by atoms with van der Waals surface area (Å²) in [6, 6.07) is 8.13. The van der Waals surface area contributed by atoms with E-state index in [2.05, 4.69) is 36.9 Å². The number of halogens is 1. The van der Waals surface area contributed by atoms with Crippen molar-refractivity contribution in [3.05, 3.63) is 46.5 Å². The molecule has 2 aromatic heterocycles. The molecule has 0 aliphatic rings. The molecule has 1 N–H and O–H groups in total. The van der Waals surface area contributed by atoms with Gasteiger partial charge in [-0.25, -0.2) is 4.98 Å². The molecule has 2 rings (SSSR count). The molecule has 0 amide bonds. The van der Waals surface area contributed by atoms with Crippen LogP contribution in [0.25, 0.3) is 0 Å². The second-order valence-electron chi connectivity index (χ2n) is 3.73. The molecular weight excluding hydrogens is 266 g/mol. The van der Waals surface area contributed by atoms with Gasteiger partial charge in [0.1, 0.15) is 4.60 Å². The molecule has 2 heterocycles. The van der Waals surface area contributed by atoms with Gasteiger partial charge in [0.15, 0.2) is 0 Å². The maximum absolute atomic E-state index is 4.34. The van der Waals surface area contributed by atoms with Crippen LogP contribution in [0.1, 0.15) is 11.4 Å². The molecule has 0 bridgehead atoms. The molecule has 84 valence electrons. The van der Waals surface area contributed by atoms with Crippen molar-refractivity contribution in [2.45, 2.75) is 13.5 Å². The predicted molar refractivity (Wildman–Crippen MR) is 69.4 cm³/mol. The van der Waals surface area contributed by atoms with E-state index >= 15 is 0 Å². The first kappa shape index (κ1) is 11.2. The minimum absolute atomic E-state index is 0.813. The van der Waals surface area contributed by atoms with Crippen LogP contribution < -0.4 is 5.32 Å². The van der Waals surface area contributed by atoms with Crippen molar-refractivity contribution in [2.24, 2.45) is 7.05 Å². The van der Waals surface area contributed by atoms with Gasteiger partial charge in [0.05, 0.1) is 17.9 Å². The van der Waals surface area contributed by atoms with Crippen molar-refractivity contribution >= 4 is 21.6 Å². The van der Waals surface area contributed by atoms with E-state index in [9.17, 15) is 0 Å².